The van der Waals surface area contributed by atoms with Gasteiger partial charge in [0.05, 0.1) is 12.7 Å². The predicted molar refractivity (Wildman–Crippen MR) is 70.9 cm³/mol. The summed E-state index contributed by atoms with van der Waals surface area (Å²) in [5.74, 6) is 3.29. The van der Waals surface area contributed by atoms with Crippen molar-refractivity contribution in [2.45, 2.75) is 13.0 Å². The molecule has 0 unspecified atom stereocenters. The summed E-state index contributed by atoms with van der Waals surface area (Å²) in [5.41, 5.74) is 1.22. The quantitative estimate of drug-likeness (QED) is 0.614. The third-order valence-corrected chi connectivity index (χ3v) is 2.71. The number of ether oxygens (including phenoxy) is 3. The predicted octanol–water partition coefficient (Wildman–Crippen LogP) is 2.04. The van der Waals surface area contributed by atoms with Crippen LogP contribution in [-0.2, 0) is 9.53 Å². The minimum Gasteiger partial charge on any atom is -0.497 e. The number of terminal acetylenes is 1. The number of methoxy groups -OCH3 is 1. The molecule has 98 valence electrons. The molecule has 4 nitrogen and oxygen atoms in total. The molecule has 2 rings (SSSR count). The zero-order valence-electron chi connectivity index (χ0n) is 10.8. The number of carbonyl (C=O) groups excluding carboxylic acids is 1. The van der Waals surface area contributed by atoms with Crippen molar-refractivity contribution in [3.8, 4) is 23.8 Å². The molecule has 0 aliphatic carbocycles. The van der Waals surface area contributed by atoms with Crippen molar-refractivity contribution < 1.29 is 19.0 Å². The first-order valence-corrected chi connectivity index (χ1v) is 5.82. The van der Waals surface area contributed by atoms with Gasteiger partial charge in [0.1, 0.15) is 18.1 Å². The summed E-state index contributed by atoms with van der Waals surface area (Å²) in [4.78, 5) is 11.8. The minimum absolute atomic E-state index is 0.176. The molecule has 0 radical (unpaired) electrons. The number of rotatable bonds is 3. The number of benzene rings is 1. The Bertz CT molecular complexity index is 566. The van der Waals surface area contributed by atoms with Crippen molar-refractivity contribution in [1.29, 1.82) is 0 Å². The van der Waals surface area contributed by atoms with Crippen LogP contribution in [0.15, 0.2) is 23.8 Å². The van der Waals surface area contributed by atoms with Crippen LogP contribution in [0.5, 0.6) is 11.5 Å². The second-order valence-electron chi connectivity index (χ2n) is 4.08. The molecule has 1 aliphatic rings. The maximum atomic E-state index is 11.8. The largest absolute Gasteiger partial charge is 0.497 e. The van der Waals surface area contributed by atoms with E-state index in [1.807, 2.05) is 0 Å². The molecule has 1 aromatic carbocycles. The standard InChI is InChI=1S/C15H14O4/c1-4-10(2)19-15(16)12-7-11-8-13(17-3)5-6-14(11)18-9-12/h1,5-8,10H,9H2,2-3H3/t10-/m1/s1. The van der Waals surface area contributed by atoms with Gasteiger partial charge in [0.2, 0.25) is 0 Å². The van der Waals surface area contributed by atoms with Gasteiger partial charge in [0.15, 0.2) is 6.10 Å². The number of carbonyl (C=O) groups is 1. The minimum atomic E-state index is -0.555. The third kappa shape index (κ3) is 2.89. The molecule has 0 fully saturated rings. The van der Waals surface area contributed by atoms with Gasteiger partial charge in [0.25, 0.3) is 0 Å². The van der Waals surface area contributed by atoms with Gasteiger partial charge in [0, 0.05) is 5.56 Å². The SMILES string of the molecule is C#C[C@@H](C)OC(=O)C1=Cc2cc(OC)ccc2OC1. The molecule has 1 aliphatic heterocycles. The lowest BCUT2D eigenvalue weighted by molar-refractivity contribution is -0.141. The number of esters is 1. The van der Waals surface area contributed by atoms with Crippen molar-refractivity contribution in [2.75, 3.05) is 13.7 Å². The Morgan fingerprint density at radius 3 is 3.00 bits per heavy atom. The molecule has 0 aromatic heterocycles. The first kappa shape index (κ1) is 13.0. The Kier molecular flexibility index (Phi) is 3.76. The second kappa shape index (κ2) is 5.49. The topological polar surface area (TPSA) is 44.8 Å². The Morgan fingerprint density at radius 2 is 2.32 bits per heavy atom. The third-order valence-electron chi connectivity index (χ3n) is 2.71. The van der Waals surface area contributed by atoms with Crippen LogP contribution in [0, 0.1) is 12.3 Å². The molecule has 0 amide bonds. The van der Waals surface area contributed by atoms with Gasteiger partial charge >= 0.3 is 5.97 Å². The van der Waals surface area contributed by atoms with Crippen LogP contribution in [0.2, 0.25) is 0 Å². The fourth-order valence-electron chi connectivity index (χ4n) is 1.67. The van der Waals surface area contributed by atoms with Gasteiger partial charge in [-0.25, -0.2) is 4.79 Å². The van der Waals surface area contributed by atoms with E-state index >= 15 is 0 Å². The number of fused-ring (bicyclic) bond motifs is 1. The highest BCUT2D eigenvalue weighted by Gasteiger charge is 2.20. The lowest BCUT2D eigenvalue weighted by Crippen LogP contribution is -2.20. The maximum absolute atomic E-state index is 11.8. The van der Waals surface area contributed by atoms with Gasteiger partial charge in [-0.2, -0.15) is 0 Å². The van der Waals surface area contributed by atoms with E-state index in [0.29, 0.717) is 17.1 Å². The van der Waals surface area contributed by atoms with Crippen LogP contribution < -0.4 is 9.47 Å². The fraction of sp³-hybridized carbons (Fsp3) is 0.267. The molecule has 0 saturated heterocycles. The average Bonchev–Trinajstić information content (AvgIpc) is 2.45. The zero-order valence-corrected chi connectivity index (χ0v) is 10.8. The molecular weight excluding hydrogens is 244 g/mol. The van der Waals surface area contributed by atoms with Crippen LogP contribution in [-0.4, -0.2) is 25.8 Å². The maximum Gasteiger partial charge on any atom is 0.338 e. The normalized spacial score (nSPS) is 14.3. The molecule has 0 saturated carbocycles. The van der Waals surface area contributed by atoms with Crippen molar-refractivity contribution in [1.82, 2.24) is 0 Å². The summed E-state index contributed by atoms with van der Waals surface area (Å²) in [5, 5.41) is 0. The van der Waals surface area contributed by atoms with E-state index in [1.165, 1.54) is 0 Å². The van der Waals surface area contributed by atoms with E-state index in [4.69, 9.17) is 20.6 Å². The first-order valence-electron chi connectivity index (χ1n) is 5.82. The van der Waals surface area contributed by atoms with Crippen LogP contribution in [0.1, 0.15) is 12.5 Å². The van der Waals surface area contributed by atoms with Crippen molar-refractivity contribution in [3.63, 3.8) is 0 Å². The van der Waals surface area contributed by atoms with E-state index in [0.717, 1.165) is 5.56 Å². The van der Waals surface area contributed by atoms with E-state index < -0.39 is 12.1 Å². The summed E-state index contributed by atoms with van der Waals surface area (Å²) in [7, 11) is 1.58. The van der Waals surface area contributed by atoms with Crippen LogP contribution in [0.25, 0.3) is 6.08 Å². The Balaban J connectivity index is 2.23. The smallest absolute Gasteiger partial charge is 0.338 e. The molecule has 0 bridgehead atoms. The summed E-state index contributed by atoms with van der Waals surface area (Å²) < 4.78 is 15.7. The monoisotopic (exact) mass is 258 g/mol. The Hall–Kier alpha value is -2.41. The van der Waals surface area contributed by atoms with Gasteiger partial charge < -0.3 is 14.2 Å². The van der Waals surface area contributed by atoms with Gasteiger partial charge in [-0.15, -0.1) is 6.42 Å². The molecule has 1 aromatic rings. The Labute approximate surface area is 112 Å². The van der Waals surface area contributed by atoms with Crippen LogP contribution in [0.3, 0.4) is 0 Å². The summed E-state index contributed by atoms with van der Waals surface area (Å²) in [6, 6.07) is 5.40. The van der Waals surface area contributed by atoms with Crippen LogP contribution in [0.4, 0.5) is 0 Å². The summed E-state index contributed by atoms with van der Waals surface area (Å²) >= 11 is 0. The van der Waals surface area contributed by atoms with Gasteiger partial charge in [-0.1, -0.05) is 5.92 Å². The zero-order chi connectivity index (χ0) is 13.8. The highest BCUT2D eigenvalue weighted by molar-refractivity contribution is 5.95. The lowest BCUT2D eigenvalue weighted by atomic mass is 10.1. The number of hydrogen-bond acceptors (Lipinski definition) is 4. The van der Waals surface area contributed by atoms with Gasteiger partial charge in [-0.3, -0.25) is 0 Å². The van der Waals surface area contributed by atoms with Crippen molar-refractivity contribution >= 4 is 12.0 Å². The molecule has 4 heteroatoms. The van der Waals surface area contributed by atoms with Crippen molar-refractivity contribution in [2.24, 2.45) is 0 Å². The van der Waals surface area contributed by atoms with Crippen molar-refractivity contribution in [3.05, 3.63) is 29.3 Å². The molecule has 1 atom stereocenters. The van der Waals surface area contributed by atoms with E-state index in [-0.39, 0.29) is 6.61 Å². The highest BCUT2D eigenvalue weighted by atomic mass is 16.5. The van der Waals surface area contributed by atoms with E-state index in [9.17, 15) is 4.79 Å². The fourth-order valence-corrected chi connectivity index (χ4v) is 1.67. The van der Waals surface area contributed by atoms with Gasteiger partial charge in [-0.05, 0) is 31.2 Å². The average molecular weight is 258 g/mol. The van der Waals surface area contributed by atoms with Crippen LogP contribution >= 0.6 is 0 Å². The second-order valence-corrected chi connectivity index (χ2v) is 4.08. The highest BCUT2D eigenvalue weighted by Crippen LogP contribution is 2.30. The molecular formula is C15H14O4. The van der Waals surface area contributed by atoms with E-state index in [1.54, 1.807) is 38.3 Å². The lowest BCUT2D eigenvalue weighted by Gasteiger charge is -2.18. The number of hydrogen-bond donors (Lipinski definition) is 0. The first-order chi connectivity index (χ1) is 9.13. The molecule has 1 heterocycles. The molecule has 0 N–H and O–H groups in total. The summed E-state index contributed by atoms with van der Waals surface area (Å²) in [6.45, 7) is 1.81. The summed E-state index contributed by atoms with van der Waals surface area (Å²) in [6.07, 6.45) is 6.34. The van der Waals surface area contributed by atoms with E-state index in [2.05, 4.69) is 5.92 Å². The Morgan fingerprint density at radius 1 is 1.53 bits per heavy atom. The molecule has 0 spiro atoms. The molecule has 19 heavy (non-hydrogen) atoms.